The van der Waals surface area contributed by atoms with Gasteiger partial charge in [-0.2, -0.15) is 10.2 Å². The fourth-order valence-electron chi connectivity index (χ4n) is 2.09. The third-order valence-electron chi connectivity index (χ3n) is 3.13. The number of carbonyl (C=O) groups excluding carboxylic acids is 2. The third-order valence-corrected chi connectivity index (χ3v) is 3.13. The van der Waals surface area contributed by atoms with Gasteiger partial charge in [0.25, 0.3) is 0 Å². The van der Waals surface area contributed by atoms with Crippen LogP contribution in [0.25, 0.3) is 0 Å². The van der Waals surface area contributed by atoms with Crippen LogP contribution in [0, 0.1) is 0 Å². The summed E-state index contributed by atoms with van der Waals surface area (Å²) in [6, 6.07) is 13.6. The molecule has 2 rings (SSSR count). The lowest BCUT2D eigenvalue weighted by Crippen LogP contribution is -2.27. The van der Waals surface area contributed by atoms with Gasteiger partial charge in [0.15, 0.2) is 0 Å². The number of benzene rings is 2. The van der Waals surface area contributed by atoms with Crippen LogP contribution in [-0.4, -0.2) is 24.3 Å². The average Bonchev–Trinajstić information content (AvgIpc) is 2.59. The number of nitrogens with one attached hydrogen (secondary N) is 1. The summed E-state index contributed by atoms with van der Waals surface area (Å²) in [7, 11) is 0. The first-order valence-electron chi connectivity index (χ1n) is 8.56. The smallest absolute Gasteiger partial charge is 0.412 e. The zero-order chi connectivity index (χ0) is 19.9. The lowest BCUT2D eigenvalue weighted by molar-refractivity contribution is 0.0525. The van der Waals surface area contributed by atoms with Crippen LogP contribution >= 0.6 is 0 Å². The van der Waals surface area contributed by atoms with Crippen LogP contribution in [0.1, 0.15) is 38.1 Å². The van der Waals surface area contributed by atoms with Gasteiger partial charge in [0.2, 0.25) is 0 Å². The van der Waals surface area contributed by atoms with E-state index >= 15 is 0 Å². The zero-order valence-electron chi connectivity index (χ0n) is 15.9. The molecule has 0 heterocycles. The Morgan fingerprint density at radius 1 is 1.00 bits per heavy atom. The number of nitrogens with zero attached hydrogens (tertiary/aromatic N) is 2. The second-order valence-electron chi connectivity index (χ2n) is 6.65. The number of rotatable bonds is 5. The van der Waals surface area contributed by atoms with Crippen LogP contribution in [0.5, 0.6) is 0 Å². The molecular formula is C20H23N3O4. The van der Waals surface area contributed by atoms with E-state index < -0.39 is 17.7 Å². The van der Waals surface area contributed by atoms with Gasteiger partial charge in [-0.1, -0.05) is 12.1 Å². The van der Waals surface area contributed by atoms with Gasteiger partial charge in [-0.05, 0) is 64.1 Å². The summed E-state index contributed by atoms with van der Waals surface area (Å²) in [5, 5.41) is 10.9. The van der Waals surface area contributed by atoms with Crippen LogP contribution in [0.4, 0.5) is 21.9 Å². The van der Waals surface area contributed by atoms with Crippen molar-refractivity contribution in [3.05, 3.63) is 54.1 Å². The molecule has 0 aliphatic heterocycles. The van der Waals surface area contributed by atoms with E-state index in [-0.39, 0.29) is 0 Å². The fourth-order valence-corrected chi connectivity index (χ4v) is 2.09. The summed E-state index contributed by atoms with van der Waals surface area (Å²) in [5.74, 6) is -0.405. The van der Waals surface area contributed by atoms with Crippen LogP contribution in [0.15, 0.2) is 58.8 Å². The third kappa shape index (κ3) is 6.89. The van der Waals surface area contributed by atoms with Crippen molar-refractivity contribution in [2.24, 2.45) is 10.2 Å². The highest BCUT2D eigenvalue weighted by Gasteiger charge is 2.16. The van der Waals surface area contributed by atoms with E-state index in [1.54, 1.807) is 76.2 Å². The Hall–Kier alpha value is -3.22. The van der Waals surface area contributed by atoms with E-state index in [0.29, 0.717) is 29.2 Å². The molecule has 0 aromatic heterocycles. The lowest BCUT2D eigenvalue weighted by atomic mass is 10.2. The molecule has 0 bridgehead atoms. The minimum absolute atomic E-state index is 0.308. The van der Waals surface area contributed by atoms with Gasteiger partial charge >= 0.3 is 12.1 Å². The number of hydrogen-bond acceptors (Lipinski definition) is 6. The van der Waals surface area contributed by atoms with Crippen molar-refractivity contribution < 1.29 is 19.1 Å². The van der Waals surface area contributed by atoms with E-state index in [9.17, 15) is 9.59 Å². The molecule has 0 saturated heterocycles. The summed E-state index contributed by atoms with van der Waals surface area (Å²) in [4.78, 5) is 23.6. The molecule has 7 nitrogen and oxygen atoms in total. The highest BCUT2D eigenvalue weighted by molar-refractivity contribution is 5.90. The highest BCUT2D eigenvalue weighted by Crippen LogP contribution is 2.23. The minimum atomic E-state index is -0.578. The number of anilines is 1. The molecule has 0 aliphatic rings. The van der Waals surface area contributed by atoms with Crippen molar-refractivity contribution in [3.63, 3.8) is 0 Å². The van der Waals surface area contributed by atoms with Gasteiger partial charge in [-0.3, -0.25) is 5.32 Å². The maximum absolute atomic E-state index is 11.8. The normalized spacial score (nSPS) is 11.3. The van der Waals surface area contributed by atoms with Crippen LogP contribution in [0.2, 0.25) is 0 Å². The molecular weight excluding hydrogens is 346 g/mol. The maximum atomic E-state index is 11.8. The molecule has 2 aromatic carbocycles. The molecule has 2 aromatic rings. The minimum Gasteiger partial charge on any atom is -0.462 e. The van der Waals surface area contributed by atoms with Gasteiger partial charge in [-0.15, -0.1) is 0 Å². The van der Waals surface area contributed by atoms with Crippen LogP contribution in [0.3, 0.4) is 0 Å². The van der Waals surface area contributed by atoms with Gasteiger partial charge < -0.3 is 9.47 Å². The molecule has 0 spiro atoms. The predicted octanol–water partition coefficient (Wildman–Crippen LogP) is 5.63. The summed E-state index contributed by atoms with van der Waals surface area (Å²) in [6.45, 7) is 7.44. The quantitative estimate of drug-likeness (QED) is 0.546. The number of carbonyl (C=O) groups is 2. The summed E-state index contributed by atoms with van der Waals surface area (Å²) in [5.41, 5.74) is 1.44. The maximum Gasteiger partial charge on any atom is 0.412 e. The van der Waals surface area contributed by atoms with Gasteiger partial charge in [0.05, 0.1) is 23.5 Å². The van der Waals surface area contributed by atoms with E-state index in [2.05, 4.69) is 15.5 Å². The largest absolute Gasteiger partial charge is 0.462 e. The van der Waals surface area contributed by atoms with Crippen molar-refractivity contribution in [1.82, 2.24) is 0 Å². The molecule has 1 amide bonds. The van der Waals surface area contributed by atoms with E-state index in [0.717, 1.165) is 0 Å². The first-order valence-corrected chi connectivity index (χ1v) is 8.56. The Bertz CT molecular complexity index is 841. The van der Waals surface area contributed by atoms with Gasteiger partial charge in [0, 0.05) is 5.69 Å². The molecule has 27 heavy (non-hydrogen) atoms. The number of esters is 1. The van der Waals surface area contributed by atoms with Crippen molar-refractivity contribution >= 4 is 29.1 Å². The molecule has 0 saturated carbocycles. The van der Waals surface area contributed by atoms with E-state index in [1.165, 1.54) is 0 Å². The first-order chi connectivity index (χ1) is 12.8. The Morgan fingerprint density at radius 3 is 2.26 bits per heavy atom. The average molecular weight is 369 g/mol. The number of azo groups is 1. The second kappa shape index (κ2) is 8.93. The SMILES string of the molecule is CCOC(=O)c1cccc(N=Nc2cccc(NC(=O)OC(C)(C)C)c2)c1. The molecule has 1 N–H and O–H groups in total. The van der Waals surface area contributed by atoms with Crippen molar-refractivity contribution in [1.29, 1.82) is 0 Å². The Morgan fingerprint density at radius 2 is 1.63 bits per heavy atom. The van der Waals surface area contributed by atoms with Gasteiger partial charge in [0.1, 0.15) is 5.60 Å². The van der Waals surface area contributed by atoms with E-state index in [1.807, 2.05) is 0 Å². The monoisotopic (exact) mass is 369 g/mol. The Balaban J connectivity index is 2.08. The summed E-state index contributed by atoms with van der Waals surface area (Å²) in [6.07, 6.45) is -0.543. The molecule has 0 fully saturated rings. The standard InChI is InChI=1S/C20H23N3O4/c1-5-26-18(24)14-8-6-10-16(12-14)22-23-17-11-7-9-15(13-17)21-19(25)27-20(2,3)4/h6-13H,5H2,1-4H3,(H,21,25). The summed E-state index contributed by atoms with van der Waals surface area (Å²) >= 11 is 0. The zero-order valence-corrected chi connectivity index (χ0v) is 15.9. The predicted molar refractivity (Wildman–Crippen MR) is 103 cm³/mol. The van der Waals surface area contributed by atoms with Gasteiger partial charge in [-0.25, -0.2) is 9.59 Å². The molecule has 0 radical (unpaired) electrons. The number of hydrogen-bond donors (Lipinski definition) is 1. The highest BCUT2D eigenvalue weighted by atomic mass is 16.6. The lowest BCUT2D eigenvalue weighted by Gasteiger charge is -2.19. The number of amides is 1. The number of ether oxygens (including phenoxy) is 2. The topological polar surface area (TPSA) is 89.4 Å². The Kier molecular flexibility index (Phi) is 6.65. The molecule has 142 valence electrons. The van der Waals surface area contributed by atoms with Crippen LogP contribution < -0.4 is 5.32 Å². The van der Waals surface area contributed by atoms with Crippen molar-refractivity contribution in [2.75, 3.05) is 11.9 Å². The molecule has 0 atom stereocenters. The molecule has 7 heteroatoms. The van der Waals surface area contributed by atoms with E-state index in [4.69, 9.17) is 9.47 Å². The van der Waals surface area contributed by atoms with Crippen molar-refractivity contribution in [3.8, 4) is 0 Å². The summed E-state index contributed by atoms with van der Waals surface area (Å²) < 4.78 is 10.2. The first kappa shape index (κ1) is 20.1. The fraction of sp³-hybridized carbons (Fsp3) is 0.300. The van der Waals surface area contributed by atoms with Crippen LogP contribution in [-0.2, 0) is 9.47 Å². The van der Waals surface area contributed by atoms with Crippen molar-refractivity contribution in [2.45, 2.75) is 33.3 Å². The second-order valence-corrected chi connectivity index (χ2v) is 6.65. The Labute approximate surface area is 158 Å². The molecule has 0 unspecified atom stereocenters. The molecule has 0 aliphatic carbocycles.